The van der Waals surface area contributed by atoms with Crippen molar-refractivity contribution in [3.8, 4) is 17.1 Å². The maximum atomic E-state index is 16.3. The molecule has 0 radical (unpaired) electrons. The highest BCUT2D eigenvalue weighted by Gasteiger charge is 2.34. The van der Waals surface area contributed by atoms with Gasteiger partial charge in [0.2, 0.25) is 0 Å². The summed E-state index contributed by atoms with van der Waals surface area (Å²) in [6.07, 6.45) is -0.500. The first-order valence-corrected chi connectivity index (χ1v) is 12.9. The van der Waals surface area contributed by atoms with Gasteiger partial charge in [0.1, 0.15) is 29.4 Å². The van der Waals surface area contributed by atoms with E-state index >= 15 is 4.39 Å². The fourth-order valence-electron chi connectivity index (χ4n) is 4.76. The number of nitrogens with two attached hydrogens (primary N) is 1. The summed E-state index contributed by atoms with van der Waals surface area (Å²) in [6, 6.07) is 4.45. The van der Waals surface area contributed by atoms with E-state index in [1.807, 2.05) is 7.05 Å². The van der Waals surface area contributed by atoms with Crippen molar-refractivity contribution in [1.29, 1.82) is 0 Å². The van der Waals surface area contributed by atoms with Crippen LogP contribution < -0.4 is 21.1 Å². The minimum absolute atomic E-state index is 0.0268. The number of benzene rings is 2. The fourth-order valence-corrected chi connectivity index (χ4v) is 5.82. The standard InChI is InChI=1S/C24H24ClF2N7O2S/c1-34-8-15(35-2)16(9-34)36-24-32-19-12(22(33-24)30-10-6-29-7-10)5-13(25)17(18(19)27)11-3-4-14(26)21-20(11)31-23(28)37-21/h3-5,10,15-16,29H,6-9H2,1-2H3,(H2,28,31)(H,30,32,33)/t15?,16-/m1/s1. The van der Waals surface area contributed by atoms with Crippen LogP contribution in [0.3, 0.4) is 0 Å². The van der Waals surface area contributed by atoms with Crippen molar-refractivity contribution in [1.82, 2.24) is 25.2 Å². The molecule has 4 heterocycles. The van der Waals surface area contributed by atoms with Crippen LogP contribution in [-0.2, 0) is 4.74 Å². The average Bonchev–Trinajstić information content (AvgIpc) is 3.40. The Balaban J connectivity index is 1.51. The van der Waals surface area contributed by atoms with Gasteiger partial charge in [-0.1, -0.05) is 22.9 Å². The number of hydrogen-bond donors (Lipinski definition) is 3. The molecule has 37 heavy (non-hydrogen) atoms. The molecule has 4 N–H and O–H groups in total. The van der Waals surface area contributed by atoms with Gasteiger partial charge in [-0.15, -0.1) is 0 Å². The summed E-state index contributed by atoms with van der Waals surface area (Å²) in [7, 11) is 3.59. The van der Waals surface area contributed by atoms with Crippen LogP contribution in [0.5, 0.6) is 6.01 Å². The Bertz CT molecular complexity index is 1520. The molecule has 2 aromatic heterocycles. The number of anilines is 2. The van der Waals surface area contributed by atoms with Crippen molar-refractivity contribution < 1.29 is 18.3 Å². The average molecular weight is 548 g/mol. The Labute approximate surface area is 219 Å². The molecule has 0 aliphatic carbocycles. The number of likely N-dealkylation sites (tertiary alicyclic amines) is 1. The lowest BCUT2D eigenvalue weighted by molar-refractivity contribution is 0.0301. The Morgan fingerprint density at radius 2 is 1.95 bits per heavy atom. The summed E-state index contributed by atoms with van der Waals surface area (Å²) in [5, 5.41) is 7.23. The zero-order chi connectivity index (χ0) is 25.8. The number of hydrogen-bond acceptors (Lipinski definition) is 10. The zero-order valence-corrected chi connectivity index (χ0v) is 21.6. The normalized spacial score (nSPS) is 20.6. The number of rotatable bonds is 6. The predicted molar refractivity (Wildman–Crippen MR) is 140 cm³/mol. The number of aromatic nitrogens is 3. The number of nitrogens with zero attached hydrogens (tertiary/aromatic N) is 4. The quantitative estimate of drug-likeness (QED) is 0.334. The largest absolute Gasteiger partial charge is 0.456 e. The molecule has 6 rings (SSSR count). The van der Waals surface area contributed by atoms with Crippen molar-refractivity contribution in [3.05, 3.63) is 34.9 Å². The zero-order valence-electron chi connectivity index (χ0n) is 20.0. The molecule has 194 valence electrons. The summed E-state index contributed by atoms with van der Waals surface area (Å²) in [5.74, 6) is -0.754. The van der Waals surface area contributed by atoms with Crippen LogP contribution in [0.15, 0.2) is 18.2 Å². The van der Waals surface area contributed by atoms with Gasteiger partial charge in [0.05, 0.1) is 21.3 Å². The maximum Gasteiger partial charge on any atom is 0.319 e. The van der Waals surface area contributed by atoms with Gasteiger partial charge in [-0.05, 0) is 25.2 Å². The molecule has 2 aliphatic rings. The molecule has 2 aliphatic heterocycles. The predicted octanol–water partition coefficient (Wildman–Crippen LogP) is 3.51. The molecule has 2 aromatic carbocycles. The first-order chi connectivity index (χ1) is 17.8. The lowest BCUT2D eigenvalue weighted by atomic mass is 10.0. The second-order valence-electron chi connectivity index (χ2n) is 9.27. The molecule has 2 fully saturated rings. The van der Waals surface area contributed by atoms with Gasteiger partial charge in [-0.2, -0.15) is 9.97 Å². The van der Waals surface area contributed by atoms with E-state index in [0.29, 0.717) is 29.9 Å². The van der Waals surface area contributed by atoms with Crippen molar-refractivity contribution >= 4 is 55.0 Å². The highest BCUT2D eigenvalue weighted by atomic mass is 35.5. The number of nitrogen functional groups attached to an aromatic ring is 1. The van der Waals surface area contributed by atoms with Gasteiger partial charge in [0.25, 0.3) is 0 Å². The minimum Gasteiger partial charge on any atom is -0.456 e. The number of thiazole rings is 1. The number of ether oxygens (including phenoxy) is 2. The third-order valence-electron chi connectivity index (χ3n) is 6.72. The monoisotopic (exact) mass is 547 g/mol. The Hall–Kier alpha value is -2.90. The molecule has 0 spiro atoms. The molecule has 13 heteroatoms. The topological polar surface area (TPSA) is 110 Å². The number of halogens is 3. The molecule has 9 nitrogen and oxygen atoms in total. The Kier molecular flexibility index (Phi) is 6.24. The van der Waals surface area contributed by atoms with E-state index in [1.54, 1.807) is 13.2 Å². The smallest absolute Gasteiger partial charge is 0.319 e. The van der Waals surface area contributed by atoms with Crippen LogP contribution in [0.2, 0.25) is 5.02 Å². The highest BCUT2D eigenvalue weighted by molar-refractivity contribution is 7.22. The summed E-state index contributed by atoms with van der Waals surface area (Å²) in [6.45, 7) is 2.79. The van der Waals surface area contributed by atoms with Gasteiger partial charge in [-0.25, -0.2) is 13.8 Å². The van der Waals surface area contributed by atoms with E-state index in [9.17, 15) is 4.39 Å². The number of methoxy groups -OCH3 is 1. The number of likely N-dealkylation sites (N-methyl/N-ethyl adjacent to an activating group) is 1. The van der Waals surface area contributed by atoms with Crippen LogP contribution in [-0.4, -0.2) is 78.4 Å². The molecule has 0 amide bonds. The van der Waals surface area contributed by atoms with E-state index < -0.39 is 11.6 Å². The highest BCUT2D eigenvalue weighted by Crippen LogP contribution is 2.42. The summed E-state index contributed by atoms with van der Waals surface area (Å²) in [4.78, 5) is 15.4. The number of nitrogens with one attached hydrogen (secondary N) is 2. The van der Waals surface area contributed by atoms with Crippen molar-refractivity contribution in [3.63, 3.8) is 0 Å². The third-order valence-corrected chi connectivity index (χ3v) is 7.91. The lowest BCUT2D eigenvalue weighted by Gasteiger charge is -2.29. The molecule has 1 unspecified atom stereocenters. The molecule has 2 atom stereocenters. The number of fused-ring (bicyclic) bond motifs is 2. The summed E-state index contributed by atoms with van der Waals surface area (Å²) < 4.78 is 42.7. The van der Waals surface area contributed by atoms with Gasteiger partial charge in [-0.3, -0.25) is 4.90 Å². The Morgan fingerprint density at radius 1 is 1.16 bits per heavy atom. The maximum absolute atomic E-state index is 16.3. The molecule has 0 saturated carbocycles. The summed E-state index contributed by atoms with van der Waals surface area (Å²) in [5.41, 5.74) is 6.49. The van der Waals surface area contributed by atoms with Crippen LogP contribution in [0.25, 0.3) is 32.2 Å². The Morgan fingerprint density at radius 3 is 2.68 bits per heavy atom. The molecular weight excluding hydrogens is 524 g/mol. The van der Waals surface area contributed by atoms with Gasteiger partial charge in [0, 0.05) is 49.8 Å². The van der Waals surface area contributed by atoms with Crippen molar-refractivity contribution in [2.45, 2.75) is 18.2 Å². The molecule has 2 saturated heterocycles. The molecule has 4 aromatic rings. The van der Waals surface area contributed by atoms with E-state index in [2.05, 4.69) is 30.5 Å². The third kappa shape index (κ3) is 4.32. The van der Waals surface area contributed by atoms with Crippen LogP contribution in [0.1, 0.15) is 0 Å². The van der Waals surface area contributed by atoms with Crippen LogP contribution >= 0.6 is 22.9 Å². The van der Waals surface area contributed by atoms with E-state index in [1.165, 1.54) is 12.1 Å². The van der Waals surface area contributed by atoms with Gasteiger partial charge in [0.15, 0.2) is 10.9 Å². The fraction of sp³-hybridized carbons (Fsp3) is 0.375. The van der Waals surface area contributed by atoms with Crippen LogP contribution in [0, 0.1) is 11.6 Å². The summed E-state index contributed by atoms with van der Waals surface area (Å²) >= 11 is 7.63. The van der Waals surface area contributed by atoms with Crippen molar-refractivity contribution in [2.75, 3.05) is 51.4 Å². The SMILES string of the molecule is COC1CN(C)C[C@H]1Oc1nc(NC2CNC2)c2cc(Cl)c(-c3ccc(F)c4sc(N)nc34)c(F)c2n1. The van der Waals surface area contributed by atoms with E-state index in [-0.39, 0.29) is 55.7 Å². The van der Waals surface area contributed by atoms with E-state index in [4.69, 9.17) is 26.8 Å². The molecular formula is C24H24ClF2N7O2S. The first-order valence-electron chi connectivity index (χ1n) is 11.7. The van der Waals surface area contributed by atoms with E-state index in [0.717, 1.165) is 24.4 Å². The lowest BCUT2D eigenvalue weighted by Crippen LogP contribution is -2.51. The van der Waals surface area contributed by atoms with Gasteiger partial charge < -0.3 is 25.8 Å². The second kappa shape index (κ2) is 9.44. The minimum atomic E-state index is -0.684. The second-order valence-corrected chi connectivity index (χ2v) is 10.7. The molecule has 0 bridgehead atoms. The first kappa shape index (κ1) is 24.4. The van der Waals surface area contributed by atoms with Crippen LogP contribution in [0.4, 0.5) is 19.7 Å². The van der Waals surface area contributed by atoms with Gasteiger partial charge >= 0.3 is 6.01 Å². The van der Waals surface area contributed by atoms with Crippen molar-refractivity contribution in [2.24, 2.45) is 0 Å².